The minimum absolute atomic E-state index is 0.0445. The molecule has 0 aliphatic carbocycles. The van der Waals surface area contributed by atoms with Crippen LogP contribution in [0.25, 0.3) is 22.4 Å². The van der Waals surface area contributed by atoms with Gasteiger partial charge in [0.15, 0.2) is 0 Å². The molecule has 2 aliphatic heterocycles. The Hall–Kier alpha value is -4.26. The summed E-state index contributed by atoms with van der Waals surface area (Å²) in [6.45, 7) is 0.967. The van der Waals surface area contributed by atoms with E-state index in [9.17, 15) is 19.2 Å². The molecule has 1 unspecified atom stereocenters. The van der Waals surface area contributed by atoms with Gasteiger partial charge in [0.05, 0.1) is 34.7 Å². The van der Waals surface area contributed by atoms with E-state index >= 15 is 0 Å². The van der Waals surface area contributed by atoms with Gasteiger partial charge in [-0.3, -0.25) is 24.3 Å². The smallest absolute Gasteiger partial charge is 0.326 e. The van der Waals surface area contributed by atoms with Crippen LogP contribution >= 0.6 is 23.2 Å². The third kappa shape index (κ3) is 6.33. The van der Waals surface area contributed by atoms with E-state index in [4.69, 9.17) is 27.9 Å². The second kappa shape index (κ2) is 13.2. The summed E-state index contributed by atoms with van der Waals surface area (Å²) < 4.78 is 5.51. The lowest BCUT2D eigenvalue weighted by molar-refractivity contribution is -0.140. The number of carbonyl (C=O) groups is 4. The van der Waals surface area contributed by atoms with Crippen molar-refractivity contribution in [3.05, 3.63) is 58.3 Å². The number of carbonyl (C=O) groups excluding carboxylic acids is 4. The number of methoxy groups -OCH3 is 1. The lowest BCUT2D eigenvalue weighted by atomic mass is 10.00. The van der Waals surface area contributed by atoms with Crippen LogP contribution in [0.5, 0.6) is 5.88 Å². The molecule has 44 heavy (non-hydrogen) atoms. The highest BCUT2D eigenvalue weighted by atomic mass is 35.5. The van der Waals surface area contributed by atoms with Crippen molar-refractivity contribution in [2.45, 2.75) is 25.4 Å². The average molecular weight is 641 g/mol. The number of nitrogens with zero attached hydrogens (tertiary/aromatic N) is 4. The fraction of sp³-hybridized carbons (Fsp3) is 0.333. The van der Waals surface area contributed by atoms with Gasteiger partial charge < -0.3 is 25.6 Å². The Labute approximate surface area is 264 Å². The van der Waals surface area contributed by atoms with Gasteiger partial charge in [-0.2, -0.15) is 0 Å². The molecule has 230 valence electrons. The predicted octanol–water partition coefficient (Wildman–Crippen LogP) is 3.57. The Morgan fingerprint density at radius 3 is 2.48 bits per heavy atom. The number of anilines is 1. The van der Waals surface area contributed by atoms with Crippen LogP contribution in [0.1, 0.15) is 18.5 Å². The van der Waals surface area contributed by atoms with Gasteiger partial charge in [0.2, 0.25) is 23.6 Å². The summed E-state index contributed by atoms with van der Waals surface area (Å²) in [6, 6.07) is 10.1. The maximum Gasteiger partial charge on any atom is 0.326 e. The zero-order valence-electron chi connectivity index (χ0n) is 24.3. The molecular formula is C30H31Cl2N7O5. The summed E-state index contributed by atoms with van der Waals surface area (Å²) in [7, 11) is 4.38. The van der Waals surface area contributed by atoms with E-state index in [1.807, 2.05) is 0 Å². The third-order valence-electron chi connectivity index (χ3n) is 7.61. The summed E-state index contributed by atoms with van der Waals surface area (Å²) in [5.74, 6) is -1.85. The molecule has 5 rings (SSSR count). The number of ether oxygens (including phenoxy) is 1. The van der Waals surface area contributed by atoms with Crippen LogP contribution in [0.15, 0.2) is 42.6 Å². The Bertz CT molecular complexity index is 1640. The fourth-order valence-corrected chi connectivity index (χ4v) is 5.81. The molecule has 0 bridgehead atoms. The van der Waals surface area contributed by atoms with Gasteiger partial charge in [0.1, 0.15) is 11.6 Å². The predicted molar refractivity (Wildman–Crippen MR) is 165 cm³/mol. The maximum atomic E-state index is 13.1. The topological polar surface area (TPSA) is 146 Å². The molecule has 5 amide bonds. The van der Waals surface area contributed by atoms with Crippen LogP contribution in [0.3, 0.4) is 0 Å². The second-order valence-corrected chi connectivity index (χ2v) is 11.3. The van der Waals surface area contributed by atoms with E-state index < -0.39 is 23.8 Å². The van der Waals surface area contributed by atoms with E-state index in [-0.39, 0.29) is 23.5 Å². The summed E-state index contributed by atoms with van der Waals surface area (Å²) in [6.07, 6.45) is 2.94. The Kier molecular flexibility index (Phi) is 9.33. The molecular weight excluding hydrogens is 609 g/mol. The molecule has 3 aromatic rings. The van der Waals surface area contributed by atoms with Gasteiger partial charge in [-0.05, 0) is 12.5 Å². The van der Waals surface area contributed by atoms with Gasteiger partial charge in [-0.1, -0.05) is 53.5 Å². The zero-order valence-corrected chi connectivity index (χ0v) is 25.8. The van der Waals surface area contributed by atoms with Gasteiger partial charge in [0.25, 0.3) is 0 Å². The van der Waals surface area contributed by atoms with Gasteiger partial charge in [-0.15, -0.1) is 0 Å². The second-order valence-electron chi connectivity index (χ2n) is 10.6. The van der Waals surface area contributed by atoms with Crippen molar-refractivity contribution in [2.75, 3.05) is 39.6 Å². The maximum absolute atomic E-state index is 13.1. The number of hydrogen-bond acceptors (Lipinski definition) is 8. The number of amides is 5. The lowest BCUT2D eigenvalue weighted by Gasteiger charge is -2.33. The summed E-state index contributed by atoms with van der Waals surface area (Å²) in [4.78, 5) is 60.6. The quantitative estimate of drug-likeness (QED) is 0.301. The molecule has 14 heteroatoms. The first-order chi connectivity index (χ1) is 21.1. The van der Waals surface area contributed by atoms with Crippen molar-refractivity contribution < 1.29 is 23.9 Å². The lowest BCUT2D eigenvalue weighted by Crippen LogP contribution is -2.56. The molecule has 0 radical (unpaired) electrons. The van der Waals surface area contributed by atoms with Crippen molar-refractivity contribution in [1.29, 1.82) is 0 Å². The normalized spacial score (nSPS) is 18.4. The number of hydrogen-bond donors (Lipinski definition) is 3. The Balaban J connectivity index is 1.35. The number of urea groups is 1. The van der Waals surface area contributed by atoms with Crippen LogP contribution in [0.2, 0.25) is 10.0 Å². The van der Waals surface area contributed by atoms with E-state index in [0.29, 0.717) is 64.2 Å². The minimum atomic E-state index is -1.08. The van der Waals surface area contributed by atoms with Gasteiger partial charge in [-0.25, -0.2) is 9.78 Å². The van der Waals surface area contributed by atoms with Crippen molar-refractivity contribution in [2.24, 2.45) is 5.92 Å². The molecule has 12 nitrogen and oxygen atoms in total. The van der Waals surface area contributed by atoms with E-state index in [1.165, 1.54) is 26.1 Å². The fourth-order valence-electron chi connectivity index (χ4n) is 5.21. The largest absolute Gasteiger partial charge is 0.480 e. The van der Waals surface area contributed by atoms with Gasteiger partial charge in [0, 0.05) is 62.9 Å². The summed E-state index contributed by atoms with van der Waals surface area (Å²) >= 11 is 13.7. The van der Waals surface area contributed by atoms with Crippen molar-refractivity contribution in [1.82, 2.24) is 30.4 Å². The highest BCUT2D eigenvalue weighted by Crippen LogP contribution is 2.41. The highest BCUT2D eigenvalue weighted by molar-refractivity contribution is 6.39. The highest BCUT2D eigenvalue weighted by Gasteiger charge is 2.39. The number of halogens is 2. The van der Waals surface area contributed by atoms with Crippen molar-refractivity contribution in [3.63, 3.8) is 0 Å². The molecule has 1 aromatic heterocycles. The minimum Gasteiger partial charge on any atom is -0.480 e. The number of nitrogens with one attached hydrogen (secondary N) is 3. The molecule has 2 aliphatic rings. The van der Waals surface area contributed by atoms with Crippen LogP contribution in [0, 0.1) is 5.92 Å². The molecule has 2 fully saturated rings. The molecule has 3 N–H and O–H groups in total. The van der Waals surface area contributed by atoms with Crippen LogP contribution in [-0.4, -0.2) is 83.9 Å². The number of aromatic nitrogens is 2. The van der Waals surface area contributed by atoms with Crippen molar-refractivity contribution >= 4 is 52.6 Å². The van der Waals surface area contributed by atoms with E-state index in [0.717, 1.165) is 11.3 Å². The van der Waals surface area contributed by atoms with Crippen molar-refractivity contribution in [3.8, 4) is 28.3 Å². The van der Waals surface area contributed by atoms with Gasteiger partial charge >= 0.3 is 6.03 Å². The summed E-state index contributed by atoms with van der Waals surface area (Å²) in [5.41, 5.74) is 3.13. The average Bonchev–Trinajstić information content (AvgIpc) is 3.44. The standard InChI is InChI=1S/C30H31Cl2N7O5/c1-38-15-20(29(42)39(2)30(38)43)27(41)36-21-9-5-7-18(26(21)32)17-6-4-8-19(25(17)31)22-14-34-23(28(37-22)44-3)13-33-12-16-10-11-24(40)35-16/h4-9,14,16,20,33H,10-13,15H2,1-3H3,(H,35,40)(H,36,41)/t16-,20?/m0/s1. The third-order valence-corrected chi connectivity index (χ3v) is 8.42. The number of rotatable bonds is 9. The molecule has 2 aromatic carbocycles. The number of imide groups is 1. The SMILES string of the molecule is COc1nc(-c2cccc(-c3cccc(NC(=O)C4CN(C)C(=O)N(C)C4=O)c3Cl)c2Cl)cnc1CNC[C@@H]1CCC(=O)N1. The Morgan fingerprint density at radius 2 is 1.77 bits per heavy atom. The molecule has 2 atom stereocenters. The molecule has 0 saturated carbocycles. The van der Waals surface area contributed by atoms with Crippen LogP contribution < -0.4 is 20.7 Å². The number of benzene rings is 2. The first-order valence-electron chi connectivity index (χ1n) is 13.9. The van der Waals surface area contributed by atoms with E-state index in [2.05, 4.69) is 25.9 Å². The van der Waals surface area contributed by atoms with E-state index in [1.54, 1.807) is 42.6 Å². The molecule has 2 saturated heterocycles. The Morgan fingerprint density at radius 1 is 1.07 bits per heavy atom. The summed E-state index contributed by atoms with van der Waals surface area (Å²) in [5, 5.41) is 9.53. The molecule has 0 spiro atoms. The van der Waals surface area contributed by atoms with Crippen LogP contribution in [0.4, 0.5) is 10.5 Å². The van der Waals surface area contributed by atoms with Crippen LogP contribution in [-0.2, 0) is 20.9 Å². The monoisotopic (exact) mass is 639 g/mol. The first-order valence-corrected chi connectivity index (χ1v) is 14.7. The first kappa shape index (κ1) is 31.2. The molecule has 3 heterocycles. The zero-order chi connectivity index (χ0) is 31.5.